The summed E-state index contributed by atoms with van der Waals surface area (Å²) in [6.07, 6.45) is 0. The first-order valence-electron chi connectivity index (χ1n) is 3.55. The smallest absolute Gasteiger partial charge is 0.284 e. The zero-order valence-corrected chi connectivity index (χ0v) is 7.40. The lowest BCUT2D eigenvalue weighted by atomic mass is 10.2. The molecule has 1 heterocycles. The van der Waals surface area contributed by atoms with Crippen LogP contribution in [-0.4, -0.2) is 4.98 Å². The van der Waals surface area contributed by atoms with Gasteiger partial charge in [-0.3, -0.25) is 4.79 Å². The highest BCUT2D eigenvalue weighted by Crippen LogP contribution is 2.08. The Morgan fingerprint density at radius 2 is 1.92 bits per heavy atom. The average Bonchev–Trinajstić information content (AvgIpc) is 2.07. The summed E-state index contributed by atoms with van der Waals surface area (Å²) in [4.78, 5) is 13.2. The van der Waals surface area contributed by atoms with E-state index in [0.29, 0.717) is 10.9 Å². The molecule has 1 N–H and O–H groups in total. The normalized spacial score (nSPS) is 9.62. The number of hydrogen-bond donors (Lipinski definition) is 1. The van der Waals surface area contributed by atoms with Crippen LogP contribution in [0.15, 0.2) is 35.1 Å². The van der Waals surface area contributed by atoms with E-state index in [1.807, 2.05) is 0 Å². The van der Waals surface area contributed by atoms with E-state index in [-0.39, 0.29) is 12.4 Å². The predicted molar refractivity (Wildman–Crippen MR) is 51.8 cm³/mol. The van der Waals surface area contributed by atoms with Gasteiger partial charge in [0.2, 0.25) is 0 Å². The van der Waals surface area contributed by atoms with Crippen LogP contribution >= 0.6 is 12.4 Å². The minimum absolute atomic E-state index is 0. The van der Waals surface area contributed by atoms with Crippen molar-refractivity contribution in [3.63, 3.8) is 0 Å². The molecule has 0 fully saturated rings. The van der Waals surface area contributed by atoms with Gasteiger partial charge in [0, 0.05) is 10.9 Å². The molecule has 1 aromatic heterocycles. The Balaban J connectivity index is 0.000000845. The monoisotopic (exact) mass is 199 g/mol. The van der Waals surface area contributed by atoms with Crippen molar-refractivity contribution in [1.82, 2.24) is 4.98 Å². The van der Waals surface area contributed by atoms with Gasteiger partial charge in [-0.25, -0.2) is 4.39 Å². The van der Waals surface area contributed by atoms with Gasteiger partial charge in [-0.05, 0) is 12.1 Å². The molecule has 0 aliphatic rings. The molecule has 0 amide bonds. The van der Waals surface area contributed by atoms with Crippen LogP contribution in [-0.2, 0) is 0 Å². The lowest BCUT2D eigenvalue weighted by Crippen LogP contribution is -2.09. The molecule has 68 valence electrons. The summed E-state index contributed by atoms with van der Waals surface area (Å²) in [5.74, 6) is -0.742. The van der Waals surface area contributed by atoms with Gasteiger partial charge < -0.3 is 4.98 Å². The van der Waals surface area contributed by atoms with E-state index in [0.717, 1.165) is 0 Å². The lowest BCUT2D eigenvalue weighted by molar-refractivity contribution is 0.612. The number of nitrogens with one attached hydrogen (secondary N) is 1. The van der Waals surface area contributed by atoms with E-state index in [1.54, 1.807) is 24.3 Å². The molecule has 0 saturated carbocycles. The van der Waals surface area contributed by atoms with Gasteiger partial charge >= 0.3 is 0 Å². The topological polar surface area (TPSA) is 32.9 Å². The molecule has 2 rings (SSSR count). The van der Waals surface area contributed by atoms with Gasteiger partial charge in [0.15, 0.2) is 5.82 Å². The Labute approximate surface area is 79.8 Å². The second kappa shape index (κ2) is 3.58. The largest absolute Gasteiger partial charge is 0.319 e. The molecule has 0 aliphatic heterocycles. The highest BCUT2D eigenvalue weighted by molar-refractivity contribution is 5.85. The van der Waals surface area contributed by atoms with Gasteiger partial charge in [0.25, 0.3) is 5.56 Å². The quantitative estimate of drug-likeness (QED) is 0.693. The first-order chi connectivity index (χ1) is 5.77. The molecule has 2 nitrogen and oxygen atoms in total. The third-order valence-corrected chi connectivity index (χ3v) is 1.71. The van der Waals surface area contributed by atoms with Crippen molar-refractivity contribution < 1.29 is 4.39 Å². The fourth-order valence-electron chi connectivity index (χ4n) is 1.12. The maximum atomic E-state index is 12.7. The van der Waals surface area contributed by atoms with E-state index in [1.165, 1.54) is 6.07 Å². The highest BCUT2D eigenvalue weighted by atomic mass is 35.5. The Hall–Kier alpha value is -1.35. The molecule has 0 unspecified atom stereocenters. The number of fused-ring (bicyclic) bond motifs is 1. The van der Waals surface area contributed by atoms with Crippen molar-refractivity contribution in [2.24, 2.45) is 0 Å². The number of benzene rings is 1. The van der Waals surface area contributed by atoms with Gasteiger partial charge in [-0.1, -0.05) is 18.2 Å². The molecule has 0 saturated heterocycles. The van der Waals surface area contributed by atoms with Crippen LogP contribution in [0.1, 0.15) is 0 Å². The average molecular weight is 200 g/mol. The minimum Gasteiger partial charge on any atom is -0.319 e. The van der Waals surface area contributed by atoms with Crippen molar-refractivity contribution in [2.45, 2.75) is 0 Å². The summed E-state index contributed by atoms with van der Waals surface area (Å²) < 4.78 is 12.7. The highest BCUT2D eigenvalue weighted by Gasteiger charge is 1.98. The van der Waals surface area contributed by atoms with Crippen LogP contribution in [0.2, 0.25) is 0 Å². The van der Waals surface area contributed by atoms with Gasteiger partial charge in [0.05, 0.1) is 0 Å². The Kier molecular flexibility index (Phi) is 2.68. The van der Waals surface area contributed by atoms with Gasteiger partial charge in [-0.2, -0.15) is 0 Å². The molecule has 13 heavy (non-hydrogen) atoms. The zero-order chi connectivity index (χ0) is 8.55. The van der Waals surface area contributed by atoms with Crippen molar-refractivity contribution in [1.29, 1.82) is 0 Å². The Morgan fingerprint density at radius 1 is 1.23 bits per heavy atom. The molecule has 4 heteroatoms. The summed E-state index contributed by atoms with van der Waals surface area (Å²) in [7, 11) is 0. The van der Waals surface area contributed by atoms with E-state index < -0.39 is 11.4 Å². The standard InChI is InChI=1S/C9H6FNO.ClH/c10-7-5-6-3-1-2-4-8(6)11-9(7)12;/h1-5H,(H,11,12);1H. The van der Waals surface area contributed by atoms with Crippen molar-refractivity contribution in [2.75, 3.05) is 0 Å². The second-order valence-electron chi connectivity index (χ2n) is 2.53. The fourth-order valence-corrected chi connectivity index (χ4v) is 1.12. The number of halogens is 2. The molecule has 0 bridgehead atoms. The molecule has 0 aliphatic carbocycles. The van der Waals surface area contributed by atoms with Crippen molar-refractivity contribution >= 4 is 23.3 Å². The van der Waals surface area contributed by atoms with Crippen LogP contribution in [0.5, 0.6) is 0 Å². The van der Waals surface area contributed by atoms with E-state index in [9.17, 15) is 9.18 Å². The summed E-state index contributed by atoms with van der Waals surface area (Å²) in [5.41, 5.74) is -0.0161. The molecular formula is C9H7ClFNO. The minimum atomic E-state index is -0.742. The third kappa shape index (κ3) is 1.70. The van der Waals surface area contributed by atoms with Crippen LogP contribution in [0.4, 0.5) is 4.39 Å². The Morgan fingerprint density at radius 3 is 2.69 bits per heavy atom. The van der Waals surface area contributed by atoms with Crippen LogP contribution < -0.4 is 5.56 Å². The third-order valence-electron chi connectivity index (χ3n) is 1.71. The number of aromatic nitrogens is 1. The maximum absolute atomic E-state index is 12.7. The maximum Gasteiger partial charge on any atom is 0.284 e. The molecule has 0 spiro atoms. The zero-order valence-electron chi connectivity index (χ0n) is 6.58. The van der Waals surface area contributed by atoms with Gasteiger partial charge in [-0.15, -0.1) is 12.4 Å². The number of H-pyrrole nitrogens is 1. The molecule has 0 radical (unpaired) electrons. The van der Waals surface area contributed by atoms with Crippen molar-refractivity contribution in [3.05, 3.63) is 46.5 Å². The van der Waals surface area contributed by atoms with Gasteiger partial charge in [0.1, 0.15) is 0 Å². The molecule has 2 aromatic rings. The number of para-hydroxylation sites is 1. The van der Waals surface area contributed by atoms with E-state index in [2.05, 4.69) is 4.98 Å². The summed E-state index contributed by atoms with van der Waals surface area (Å²) in [5, 5.41) is 0.703. The van der Waals surface area contributed by atoms with E-state index in [4.69, 9.17) is 0 Å². The number of rotatable bonds is 0. The fraction of sp³-hybridized carbons (Fsp3) is 0. The summed E-state index contributed by atoms with van der Waals surface area (Å²) in [6.45, 7) is 0. The summed E-state index contributed by atoms with van der Waals surface area (Å²) in [6, 6.07) is 8.29. The lowest BCUT2D eigenvalue weighted by Gasteiger charge is -1.95. The van der Waals surface area contributed by atoms with Crippen LogP contribution in [0.3, 0.4) is 0 Å². The number of aromatic amines is 1. The molecule has 0 atom stereocenters. The van der Waals surface area contributed by atoms with E-state index >= 15 is 0 Å². The van der Waals surface area contributed by atoms with Crippen LogP contribution in [0.25, 0.3) is 10.9 Å². The summed E-state index contributed by atoms with van der Waals surface area (Å²) >= 11 is 0. The second-order valence-corrected chi connectivity index (χ2v) is 2.53. The number of hydrogen-bond acceptors (Lipinski definition) is 1. The van der Waals surface area contributed by atoms with Crippen molar-refractivity contribution in [3.8, 4) is 0 Å². The molecular weight excluding hydrogens is 193 g/mol. The molecule has 1 aromatic carbocycles. The predicted octanol–water partition coefficient (Wildman–Crippen LogP) is 2.09. The SMILES string of the molecule is Cl.O=c1[nH]c2ccccc2cc1F. The van der Waals surface area contributed by atoms with Crippen LogP contribution in [0, 0.1) is 5.82 Å². The Bertz CT molecular complexity index is 480. The first kappa shape index (κ1) is 9.74. The number of pyridine rings is 1. The first-order valence-corrected chi connectivity index (χ1v) is 3.55.